The van der Waals surface area contributed by atoms with E-state index in [1.165, 1.54) is 22.9 Å². The van der Waals surface area contributed by atoms with Gasteiger partial charge in [0, 0.05) is 45.5 Å². The van der Waals surface area contributed by atoms with E-state index >= 15 is 0 Å². The average molecular weight is 554 g/mol. The molecule has 0 atom stereocenters. The van der Waals surface area contributed by atoms with Crippen molar-refractivity contribution in [2.45, 2.75) is 13.0 Å². The number of morpholine rings is 2. The molecule has 2 saturated heterocycles. The third-order valence-electron chi connectivity index (χ3n) is 7.16. The highest BCUT2D eigenvalue weighted by atomic mass is 19.1. The number of hydrogen-bond acceptors (Lipinski definition) is 8. The first-order valence-electron chi connectivity index (χ1n) is 13.3. The van der Waals surface area contributed by atoms with Crippen LogP contribution in [0.2, 0.25) is 0 Å². The Morgan fingerprint density at radius 2 is 1.68 bits per heavy atom. The first-order chi connectivity index (χ1) is 19.4. The minimum atomic E-state index is -0.781. The quantitative estimate of drug-likeness (QED) is 0.419. The summed E-state index contributed by atoms with van der Waals surface area (Å²) in [6.07, 6.45) is 1.92. The average Bonchev–Trinajstić information content (AvgIpc) is 2.97. The molecule has 0 aliphatic carbocycles. The summed E-state index contributed by atoms with van der Waals surface area (Å²) in [4.78, 5) is 48.1. The smallest absolute Gasteiger partial charge is 0.268 e. The van der Waals surface area contributed by atoms with Crippen LogP contribution in [-0.4, -0.2) is 102 Å². The van der Waals surface area contributed by atoms with Gasteiger partial charge in [0.25, 0.3) is 11.5 Å². The van der Waals surface area contributed by atoms with Crippen molar-refractivity contribution >= 4 is 22.8 Å². The summed E-state index contributed by atoms with van der Waals surface area (Å²) >= 11 is 0. The van der Waals surface area contributed by atoms with E-state index in [-0.39, 0.29) is 35.8 Å². The molecule has 11 nitrogen and oxygen atoms in total. The zero-order valence-electron chi connectivity index (χ0n) is 22.1. The van der Waals surface area contributed by atoms with Gasteiger partial charge < -0.3 is 24.8 Å². The van der Waals surface area contributed by atoms with Crippen molar-refractivity contribution < 1.29 is 28.6 Å². The lowest BCUT2D eigenvalue weighted by Crippen LogP contribution is -2.44. The number of ether oxygens (including phenoxy) is 2. The predicted molar refractivity (Wildman–Crippen MR) is 144 cm³/mol. The van der Waals surface area contributed by atoms with E-state index in [1.807, 2.05) is 0 Å². The van der Waals surface area contributed by atoms with Crippen molar-refractivity contribution in [2.75, 3.05) is 65.7 Å². The number of benzene rings is 1. The summed E-state index contributed by atoms with van der Waals surface area (Å²) in [5.41, 5.74) is 0.540. The second-order valence-electron chi connectivity index (χ2n) is 9.83. The summed E-state index contributed by atoms with van der Waals surface area (Å²) in [5.74, 6) is -1.92. The molecular weight excluding hydrogens is 521 g/mol. The molecule has 2 N–H and O–H groups in total. The van der Waals surface area contributed by atoms with Gasteiger partial charge in [-0.3, -0.25) is 28.8 Å². The van der Waals surface area contributed by atoms with Gasteiger partial charge in [-0.25, -0.2) is 4.39 Å². The highest BCUT2D eigenvalue weighted by Crippen LogP contribution is 2.26. The predicted octanol–water partition coefficient (Wildman–Crippen LogP) is 0.753. The molecule has 212 valence electrons. The molecule has 2 aliphatic rings. The second kappa shape index (κ2) is 12.5. The van der Waals surface area contributed by atoms with Crippen LogP contribution in [0.15, 0.2) is 41.3 Å². The molecule has 0 saturated carbocycles. The summed E-state index contributed by atoms with van der Waals surface area (Å²) in [7, 11) is 0. The second-order valence-corrected chi connectivity index (χ2v) is 9.83. The summed E-state index contributed by atoms with van der Waals surface area (Å²) in [6.45, 7) is 4.84. The Morgan fingerprint density at radius 3 is 2.38 bits per heavy atom. The van der Waals surface area contributed by atoms with Crippen LogP contribution in [0.5, 0.6) is 5.75 Å². The molecule has 2 aliphatic heterocycles. The van der Waals surface area contributed by atoms with E-state index in [0.29, 0.717) is 58.0 Å². The van der Waals surface area contributed by atoms with Crippen molar-refractivity contribution in [3.8, 4) is 5.75 Å². The standard InChI is InChI=1S/C28H32FN5O6/c29-21-3-1-19(2-4-21)15-20-16-22-25(31-17-20)26(36)24(27(37)30-5-6-32-7-11-39-12-8-32)28(38)34(22)18-23(35)33-9-13-40-14-10-33/h1-4,16-17,36H,5-15,18H2,(H,30,37). The van der Waals surface area contributed by atoms with Gasteiger partial charge >= 0.3 is 0 Å². The van der Waals surface area contributed by atoms with Crippen molar-refractivity contribution in [1.82, 2.24) is 24.7 Å². The van der Waals surface area contributed by atoms with Gasteiger partial charge in [0.1, 0.15) is 23.4 Å². The minimum absolute atomic E-state index is 0.0376. The maximum absolute atomic E-state index is 13.7. The first kappa shape index (κ1) is 27.7. The van der Waals surface area contributed by atoms with Crippen molar-refractivity contribution in [1.29, 1.82) is 0 Å². The van der Waals surface area contributed by atoms with Crippen molar-refractivity contribution in [3.05, 3.63) is 69.4 Å². The molecule has 0 radical (unpaired) electrons. The van der Waals surface area contributed by atoms with E-state index in [1.54, 1.807) is 23.1 Å². The van der Waals surface area contributed by atoms with E-state index < -0.39 is 22.8 Å². The Balaban J connectivity index is 1.47. The van der Waals surface area contributed by atoms with Crippen LogP contribution >= 0.6 is 0 Å². The molecule has 1 aromatic carbocycles. The Morgan fingerprint density at radius 1 is 1.00 bits per heavy atom. The monoisotopic (exact) mass is 553 g/mol. The molecule has 2 fully saturated rings. The highest BCUT2D eigenvalue weighted by molar-refractivity contribution is 6.01. The van der Waals surface area contributed by atoms with Gasteiger partial charge in [0.05, 0.1) is 31.9 Å². The Hall–Kier alpha value is -3.87. The van der Waals surface area contributed by atoms with Gasteiger partial charge in [0.2, 0.25) is 5.91 Å². The lowest BCUT2D eigenvalue weighted by molar-refractivity contribution is -0.135. The van der Waals surface area contributed by atoms with Gasteiger partial charge in [-0.2, -0.15) is 0 Å². The maximum atomic E-state index is 13.7. The zero-order chi connectivity index (χ0) is 28.1. The number of rotatable bonds is 8. The van der Waals surface area contributed by atoms with Crippen LogP contribution < -0.4 is 10.9 Å². The number of nitrogens with one attached hydrogen (secondary N) is 1. The van der Waals surface area contributed by atoms with Gasteiger partial charge in [-0.05, 0) is 35.7 Å². The van der Waals surface area contributed by atoms with Crippen LogP contribution in [0.3, 0.4) is 0 Å². The topological polar surface area (TPSA) is 126 Å². The third-order valence-corrected chi connectivity index (χ3v) is 7.16. The van der Waals surface area contributed by atoms with Crippen molar-refractivity contribution in [2.24, 2.45) is 0 Å². The molecule has 2 amide bonds. The fourth-order valence-electron chi connectivity index (χ4n) is 4.93. The lowest BCUT2D eigenvalue weighted by atomic mass is 10.1. The number of hydrogen-bond donors (Lipinski definition) is 2. The van der Waals surface area contributed by atoms with Crippen molar-refractivity contribution in [3.63, 3.8) is 0 Å². The minimum Gasteiger partial charge on any atom is -0.505 e. The third kappa shape index (κ3) is 6.30. The van der Waals surface area contributed by atoms with Crippen LogP contribution in [0, 0.1) is 5.82 Å². The van der Waals surface area contributed by atoms with E-state index in [4.69, 9.17) is 9.47 Å². The number of aromatic hydroxyl groups is 1. The summed E-state index contributed by atoms with van der Waals surface area (Å²) < 4.78 is 25.2. The van der Waals surface area contributed by atoms with Crippen LogP contribution in [0.1, 0.15) is 21.5 Å². The van der Waals surface area contributed by atoms with E-state index in [2.05, 4.69) is 15.2 Å². The normalized spacial score (nSPS) is 16.3. The maximum Gasteiger partial charge on any atom is 0.268 e. The van der Waals surface area contributed by atoms with Gasteiger partial charge in [-0.1, -0.05) is 12.1 Å². The fourth-order valence-corrected chi connectivity index (χ4v) is 4.93. The van der Waals surface area contributed by atoms with E-state index in [0.717, 1.165) is 18.7 Å². The molecule has 12 heteroatoms. The molecule has 4 heterocycles. The summed E-state index contributed by atoms with van der Waals surface area (Å²) in [5, 5.41) is 13.8. The van der Waals surface area contributed by atoms with E-state index in [9.17, 15) is 23.9 Å². The number of amides is 2. The molecule has 0 unspecified atom stereocenters. The molecule has 40 heavy (non-hydrogen) atoms. The first-order valence-corrected chi connectivity index (χ1v) is 13.3. The SMILES string of the molecule is O=C(NCCN1CCOCC1)c1c(O)c2ncc(Cc3ccc(F)cc3)cc2n(CC(=O)N2CCOCC2)c1=O. The van der Waals surface area contributed by atoms with Gasteiger partial charge in [0.15, 0.2) is 5.75 Å². The molecular formula is C28H32FN5O6. The van der Waals surface area contributed by atoms with Crippen LogP contribution in [0.25, 0.3) is 11.0 Å². The zero-order valence-corrected chi connectivity index (χ0v) is 22.1. The Labute approximate surface area is 230 Å². The number of fused-ring (bicyclic) bond motifs is 1. The fraction of sp³-hybridized carbons (Fsp3) is 0.429. The van der Waals surface area contributed by atoms with Crippen LogP contribution in [0.4, 0.5) is 4.39 Å². The molecule has 2 aromatic heterocycles. The molecule has 5 rings (SSSR count). The molecule has 0 spiro atoms. The number of carbonyl (C=O) groups is 2. The Bertz CT molecular complexity index is 1430. The summed E-state index contributed by atoms with van der Waals surface area (Å²) in [6, 6.07) is 7.68. The molecule has 3 aromatic rings. The van der Waals surface area contributed by atoms with Crippen LogP contribution in [-0.2, 0) is 27.2 Å². The lowest BCUT2D eigenvalue weighted by Gasteiger charge is -2.27. The number of carbonyl (C=O) groups excluding carboxylic acids is 2. The number of pyridine rings is 2. The number of nitrogens with zero attached hydrogens (tertiary/aromatic N) is 4. The largest absolute Gasteiger partial charge is 0.505 e. The molecule has 0 bridgehead atoms. The van der Waals surface area contributed by atoms with Gasteiger partial charge in [-0.15, -0.1) is 0 Å². The number of aromatic nitrogens is 2. The number of halogens is 1. The Kier molecular flexibility index (Phi) is 8.68. The highest BCUT2D eigenvalue weighted by Gasteiger charge is 2.26.